The van der Waals surface area contributed by atoms with E-state index in [1.807, 2.05) is 30.3 Å². The number of hydrogen-bond acceptors (Lipinski definition) is 2. The third-order valence-electron chi connectivity index (χ3n) is 6.16. The summed E-state index contributed by atoms with van der Waals surface area (Å²) in [4.78, 5) is 2.22. The minimum atomic E-state index is -0.506. The first kappa shape index (κ1) is 19.6. The summed E-state index contributed by atoms with van der Waals surface area (Å²) in [6, 6.07) is 27.5. The van der Waals surface area contributed by atoms with E-state index in [0.29, 0.717) is 0 Å². The van der Waals surface area contributed by atoms with Crippen LogP contribution in [0.15, 0.2) is 84.9 Å². The van der Waals surface area contributed by atoms with Crippen LogP contribution >= 0.6 is 0 Å². The maximum atomic E-state index is 10.8. The van der Waals surface area contributed by atoms with Crippen LogP contribution in [0.3, 0.4) is 0 Å². The van der Waals surface area contributed by atoms with Gasteiger partial charge in [0.05, 0.1) is 6.10 Å². The standard InChI is InChI=1S/C27H29NO/c1-20(27(29)23-12-4-3-5-13-23)28(2)19-18-26-24-14-8-6-10-21(24)16-17-22-11-7-9-15-25(22)26/h3-15,18,20,27,29H,16-17,19H2,1-2H3/t20-,27-/m1/s1. The summed E-state index contributed by atoms with van der Waals surface area (Å²) < 4.78 is 0. The van der Waals surface area contributed by atoms with Crippen molar-refractivity contribution < 1.29 is 5.11 Å². The molecule has 0 unspecified atom stereocenters. The van der Waals surface area contributed by atoms with E-state index in [1.165, 1.54) is 27.8 Å². The number of hydrogen-bond donors (Lipinski definition) is 1. The van der Waals surface area contributed by atoms with Gasteiger partial charge in [-0.3, -0.25) is 4.90 Å². The Morgan fingerprint density at radius 2 is 1.34 bits per heavy atom. The lowest BCUT2D eigenvalue weighted by atomic mass is 9.93. The zero-order valence-electron chi connectivity index (χ0n) is 17.3. The van der Waals surface area contributed by atoms with Gasteiger partial charge in [0.2, 0.25) is 0 Å². The Labute approximate surface area is 174 Å². The summed E-state index contributed by atoms with van der Waals surface area (Å²) in [6.07, 6.45) is 3.97. The molecule has 0 amide bonds. The average molecular weight is 384 g/mol. The molecule has 3 aromatic rings. The van der Waals surface area contributed by atoms with Crippen LogP contribution in [-0.4, -0.2) is 29.6 Å². The van der Waals surface area contributed by atoms with Crippen LogP contribution in [0.1, 0.15) is 40.8 Å². The normalized spacial score (nSPS) is 15.2. The van der Waals surface area contributed by atoms with E-state index in [-0.39, 0.29) is 6.04 Å². The smallest absolute Gasteiger partial charge is 0.0942 e. The van der Waals surface area contributed by atoms with Crippen molar-refractivity contribution in [2.75, 3.05) is 13.6 Å². The minimum absolute atomic E-state index is 0.0190. The first-order valence-electron chi connectivity index (χ1n) is 10.4. The highest BCUT2D eigenvalue weighted by molar-refractivity contribution is 5.84. The lowest BCUT2D eigenvalue weighted by Gasteiger charge is -2.28. The van der Waals surface area contributed by atoms with Crippen LogP contribution in [-0.2, 0) is 12.8 Å². The molecule has 0 fully saturated rings. The van der Waals surface area contributed by atoms with Crippen molar-refractivity contribution in [2.45, 2.75) is 31.9 Å². The third kappa shape index (κ3) is 4.19. The van der Waals surface area contributed by atoms with Crippen LogP contribution < -0.4 is 0 Å². The molecule has 2 nitrogen and oxygen atoms in total. The molecule has 0 bridgehead atoms. The first-order valence-corrected chi connectivity index (χ1v) is 10.4. The molecular formula is C27H29NO. The number of fused-ring (bicyclic) bond motifs is 2. The predicted molar refractivity (Wildman–Crippen MR) is 121 cm³/mol. The van der Waals surface area contributed by atoms with Gasteiger partial charge in [-0.2, -0.15) is 0 Å². The molecule has 0 aromatic heterocycles. The van der Waals surface area contributed by atoms with Gasteiger partial charge in [0.15, 0.2) is 0 Å². The number of aliphatic hydroxyl groups excluding tert-OH is 1. The zero-order valence-corrected chi connectivity index (χ0v) is 17.3. The SMILES string of the molecule is C[C@H]([C@@H](O)c1ccccc1)N(C)CC=C1c2ccccc2CCc2ccccc21. The van der Waals surface area contributed by atoms with Crippen molar-refractivity contribution in [3.05, 3.63) is 113 Å². The van der Waals surface area contributed by atoms with Gasteiger partial charge in [0, 0.05) is 12.6 Å². The molecule has 0 spiro atoms. The molecule has 0 saturated carbocycles. The molecule has 29 heavy (non-hydrogen) atoms. The second-order valence-corrected chi connectivity index (χ2v) is 7.97. The van der Waals surface area contributed by atoms with E-state index in [1.54, 1.807) is 0 Å². The number of nitrogens with zero attached hydrogens (tertiary/aromatic N) is 1. The second-order valence-electron chi connectivity index (χ2n) is 7.97. The van der Waals surface area contributed by atoms with Gasteiger partial charge in [-0.1, -0.05) is 84.9 Å². The number of benzene rings is 3. The lowest BCUT2D eigenvalue weighted by Crippen LogP contribution is -2.34. The predicted octanol–water partition coefficient (Wildman–Crippen LogP) is 5.27. The zero-order chi connectivity index (χ0) is 20.2. The van der Waals surface area contributed by atoms with E-state index in [0.717, 1.165) is 24.9 Å². The topological polar surface area (TPSA) is 23.5 Å². The largest absolute Gasteiger partial charge is 0.387 e. The molecule has 0 radical (unpaired) electrons. The molecule has 2 atom stereocenters. The maximum Gasteiger partial charge on any atom is 0.0942 e. The Morgan fingerprint density at radius 1 is 0.828 bits per heavy atom. The van der Waals surface area contributed by atoms with Crippen molar-refractivity contribution in [1.82, 2.24) is 4.90 Å². The van der Waals surface area contributed by atoms with Crippen LogP contribution in [0.2, 0.25) is 0 Å². The van der Waals surface area contributed by atoms with Crippen molar-refractivity contribution in [2.24, 2.45) is 0 Å². The van der Waals surface area contributed by atoms with E-state index < -0.39 is 6.10 Å². The van der Waals surface area contributed by atoms with Crippen LogP contribution in [0.5, 0.6) is 0 Å². The van der Waals surface area contributed by atoms with Crippen molar-refractivity contribution >= 4 is 5.57 Å². The monoisotopic (exact) mass is 383 g/mol. The van der Waals surface area contributed by atoms with Gasteiger partial charge < -0.3 is 5.11 Å². The van der Waals surface area contributed by atoms with Gasteiger partial charge in [-0.25, -0.2) is 0 Å². The molecule has 1 aliphatic carbocycles. The minimum Gasteiger partial charge on any atom is -0.387 e. The number of likely N-dealkylation sites (N-methyl/N-ethyl adjacent to an activating group) is 1. The molecule has 148 valence electrons. The van der Waals surface area contributed by atoms with Crippen LogP contribution in [0.4, 0.5) is 0 Å². The molecular weight excluding hydrogens is 354 g/mol. The first-order chi connectivity index (χ1) is 14.1. The van der Waals surface area contributed by atoms with E-state index in [2.05, 4.69) is 73.5 Å². The Balaban J connectivity index is 1.62. The molecule has 1 aliphatic rings. The van der Waals surface area contributed by atoms with Crippen molar-refractivity contribution in [3.8, 4) is 0 Å². The summed E-state index contributed by atoms with van der Waals surface area (Å²) in [5.41, 5.74) is 7.76. The van der Waals surface area contributed by atoms with Gasteiger partial charge in [0.25, 0.3) is 0 Å². The highest BCUT2D eigenvalue weighted by Crippen LogP contribution is 2.33. The van der Waals surface area contributed by atoms with Crippen LogP contribution in [0.25, 0.3) is 5.57 Å². The second kappa shape index (κ2) is 8.77. The Bertz CT molecular complexity index is 943. The molecule has 4 rings (SSSR count). The number of aliphatic hydroxyl groups is 1. The summed E-state index contributed by atoms with van der Waals surface area (Å²) >= 11 is 0. The van der Waals surface area contributed by atoms with Crippen molar-refractivity contribution in [3.63, 3.8) is 0 Å². The third-order valence-corrected chi connectivity index (χ3v) is 6.16. The Morgan fingerprint density at radius 3 is 1.93 bits per heavy atom. The van der Waals surface area contributed by atoms with Crippen LogP contribution in [0, 0.1) is 0 Å². The van der Waals surface area contributed by atoms with E-state index in [4.69, 9.17) is 0 Å². The van der Waals surface area contributed by atoms with Gasteiger partial charge in [-0.05, 0) is 60.2 Å². The average Bonchev–Trinajstić information content (AvgIpc) is 2.94. The number of rotatable bonds is 5. The summed E-state index contributed by atoms with van der Waals surface area (Å²) in [5.74, 6) is 0. The fraction of sp³-hybridized carbons (Fsp3) is 0.259. The fourth-order valence-electron chi connectivity index (χ4n) is 4.21. The summed E-state index contributed by atoms with van der Waals surface area (Å²) in [5, 5.41) is 10.8. The summed E-state index contributed by atoms with van der Waals surface area (Å²) in [7, 11) is 2.09. The molecule has 0 saturated heterocycles. The highest BCUT2D eigenvalue weighted by atomic mass is 16.3. The maximum absolute atomic E-state index is 10.8. The fourth-order valence-corrected chi connectivity index (χ4v) is 4.21. The molecule has 2 heteroatoms. The summed E-state index contributed by atoms with van der Waals surface area (Å²) in [6.45, 7) is 2.87. The molecule has 3 aromatic carbocycles. The Hall–Kier alpha value is -2.68. The van der Waals surface area contributed by atoms with E-state index >= 15 is 0 Å². The van der Waals surface area contributed by atoms with Gasteiger partial charge >= 0.3 is 0 Å². The number of aryl methyl sites for hydroxylation is 2. The molecule has 0 aliphatic heterocycles. The molecule has 0 heterocycles. The molecule has 1 N–H and O–H groups in total. The highest BCUT2D eigenvalue weighted by Gasteiger charge is 2.21. The van der Waals surface area contributed by atoms with Gasteiger partial charge in [0.1, 0.15) is 0 Å². The quantitative estimate of drug-likeness (QED) is 0.649. The van der Waals surface area contributed by atoms with Gasteiger partial charge in [-0.15, -0.1) is 0 Å². The Kier molecular flexibility index (Phi) is 5.94. The van der Waals surface area contributed by atoms with Crippen molar-refractivity contribution in [1.29, 1.82) is 0 Å². The van der Waals surface area contributed by atoms with E-state index in [9.17, 15) is 5.11 Å². The lowest BCUT2D eigenvalue weighted by molar-refractivity contribution is 0.0787.